The number of nitrogens with zero attached hydrogens (tertiary/aromatic N) is 1. The lowest BCUT2D eigenvalue weighted by atomic mass is 9.92. The normalized spacial score (nSPS) is 18.7. The van der Waals surface area contributed by atoms with Crippen LogP contribution in [-0.2, 0) is 13.9 Å². The van der Waals surface area contributed by atoms with E-state index in [9.17, 15) is 4.79 Å². The van der Waals surface area contributed by atoms with Crippen molar-refractivity contribution in [3.05, 3.63) is 0 Å². The van der Waals surface area contributed by atoms with Crippen molar-refractivity contribution in [3.63, 3.8) is 0 Å². The molecule has 1 fully saturated rings. The van der Waals surface area contributed by atoms with Crippen LogP contribution in [0.15, 0.2) is 0 Å². The van der Waals surface area contributed by atoms with Crippen LogP contribution in [0.5, 0.6) is 0 Å². The van der Waals surface area contributed by atoms with Gasteiger partial charge in [-0.25, -0.2) is 4.79 Å². The molecule has 5 nitrogen and oxygen atoms in total. The van der Waals surface area contributed by atoms with Gasteiger partial charge in [0.25, 0.3) is 0 Å². The maximum atomic E-state index is 11.5. The van der Waals surface area contributed by atoms with Gasteiger partial charge in [0.05, 0.1) is 13.7 Å². The predicted octanol–water partition coefficient (Wildman–Crippen LogP) is 3.26. The van der Waals surface area contributed by atoms with Crippen LogP contribution in [0.25, 0.3) is 0 Å². The van der Waals surface area contributed by atoms with Crippen LogP contribution in [0.4, 0.5) is 4.79 Å². The summed E-state index contributed by atoms with van der Waals surface area (Å²) in [4.78, 5) is 13.7. The van der Waals surface area contributed by atoms with Crippen LogP contribution in [-0.4, -0.2) is 58.8 Å². The van der Waals surface area contributed by atoms with E-state index in [4.69, 9.17) is 9.16 Å². The Hall–Kier alpha value is -1.03. The second-order valence-corrected chi connectivity index (χ2v) is 12.5. The third kappa shape index (κ3) is 5.83. The molecule has 1 aliphatic heterocycles. The van der Waals surface area contributed by atoms with Crippen molar-refractivity contribution < 1.29 is 18.7 Å². The van der Waals surface area contributed by atoms with E-state index in [2.05, 4.69) is 62.4 Å². The van der Waals surface area contributed by atoms with Crippen molar-refractivity contribution in [2.75, 3.05) is 33.9 Å². The average molecular weight is 342 g/mol. The van der Waals surface area contributed by atoms with Crippen LogP contribution in [0.2, 0.25) is 18.1 Å². The molecule has 23 heavy (non-hydrogen) atoms. The maximum Gasteiger partial charge on any atom is 0.509 e. The van der Waals surface area contributed by atoms with Gasteiger partial charge in [-0.1, -0.05) is 32.6 Å². The third-order valence-corrected chi connectivity index (χ3v) is 9.35. The molecule has 0 radical (unpaired) electrons. The van der Waals surface area contributed by atoms with Crippen LogP contribution in [0, 0.1) is 11.8 Å². The Morgan fingerprint density at radius 3 is 2.30 bits per heavy atom. The molecule has 0 saturated carbocycles. The Bertz CT molecular complexity index is 465. The molecule has 132 valence electrons. The molecule has 0 bridgehead atoms. The van der Waals surface area contributed by atoms with Gasteiger partial charge in [0.1, 0.15) is 0 Å². The Labute approximate surface area is 141 Å². The van der Waals surface area contributed by atoms with E-state index in [1.165, 1.54) is 7.11 Å². The van der Waals surface area contributed by atoms with E-state index in [1.807, 2.05) is 0 Å². The average Bonchev–Trinajstić information content (AvgIpc) is 2.45. The lowest BCUT2D eigenvalue weighted by Crippen LogP contribution is -2.45. The summed E-state index contributed by atoms with van der Waals surface area (Å²) in [5.74, 6) is 6.22. The van der Waals surface area contributed by atoms with Gasteiger partial charge >= 0.3 is 6.16 Å². The van der Waals surface area contributed by atoms with E-state index in [0.717, 1.165) is 13.1 Å². The van der Waals surface area contributed by atoms with Crippen molar-refractivity contribution >= 4 is 14.5 Å². The van der Waals surface area contributed by atoms with Crippen molar-refractivity contribution in [1.29, 1.82) is 0 Å². The SMILES string of the molecule is COC(=O)OC1(C#CCO[Si](C)(C)C(C)(C)C)CCN(C)CC1. The number of piperidine rings is 1. The topological polar surface area (TPSA) is 48.0 Å². The van der Waals surface area contributed by atoms with Crippen LogP contribution in [0.1, 0.15) is 33.6 Å². The largest absolute Gasteiger partial charge is 0.509 e. The summed E-state index contributed by atoms with van der Waals surface area (Å²) >= 11 is 0. The molecule has 0 atom stereocenters. The number of ether oxygens (including phenoxy) is 2. The van der Waals surface area contributed by atoms with E-state index in [-0.39, 0.29) is 5.04 Å². The summed E-state index contributed by atoms with van der Waals surface area (Å²) in [6.45, 7) is 13.1. The highest BCUT2D eigenvalue weighted by Gasteiger charge is 2.38. The van der Waals surface area contributed by atoms with Gasteiger partial charge in [0.15, 0.2) is 13.9 Å². The second-order valence-electron chi connectivity index (χ2n) is 7.70. The zero-order valence-electron chi connectivity index (χ0n) is 15.6. The highest BCUT2D eigenvalue weighted by atomic mass is 28.4. The quantitative estimate of drug-likeness (QED) is 0.448. The summed E-state index contributed by atoms with van der Waals surface area (Å²) in [5.41, 5.74) is -0.754. The van der Waals surface area contributed by atoms with E-state index >= 15 is 0 Å². The molecule has 0 aromatic heterocycles. The van der Waals surface area contributed by atoms with Gasteiger partial charge in [0, 0.05) is 25.9 Å². The standard InChI is InChI=1S/C17H31NO4Si/c1-16(2,3)23(6,7)21-14-8-9-17(22-15(19)20-5)10-12-18(4)13-11-17/h10-14H2,1-7H3. The van der Waals surface area contributed by atoms with Gasteiger partial charge in [-0.3, -0.25) is 0 Å². The molecule has 0 aromatic rings. The summed E-state index contributed by atoms with van der Waals surface area (Å²) in [7, 11) is 1.56. The molecule has 0 unspecified atom stereocenters. The minimum absolute atomic E-state index is 0.155. The van der Waals surface area contributed by atoms with Gasteiger partial charge < -0.3 is 18.8 Å². The van der Waals surface area contributed by atoms with Crippen molar-refractivity contribution in [2.45, 2.75) is 57.3 Å². The molecular weight excluding hydrogens is 310 g/mol. The molecule has 0 aliphatic carbocycles. The number of likely N-dealkylation sites (tertiary alicyclic amines) is 1. The zero-order valence-corrected chi connectivity index (χ0v) is 16.6. The molecule has 6 heteroatoms. The Kier molecular flexibility index (Phi) is 6.69. The number of carbonyl (C=O) groups is 1. The molecule has 0 aromatic carbocycles. The first kappa shape index (κ1) is 20.0. The molecule has 0 amide bonds. The molecular formula is C17H31NO4Si. The van der Waals surface area contributed by atoms with Gasteiger partial charge in [-0.15, -0.1) is 0 Å². The Balaban J connectivity index is 2.74. The Morgan fingerprint density at radius 2 is 1.83 bits per heavy atom. The number of carbonyl (C=O) groups excluding carboxylic acids is 1. The maximum absolute atomic E-state index is 11.5. The van der Waals surface area contributed by atoms with E-state index in [0.29, 0.717) is 19.4 Å². The fourth-order valence-corrected chi connectivity index (χ4v) is 2.93. The smallest absolute Gasteiger partial charge is 0.438 e. The summed E-state index contributed by atoms with van der Waals surface area (Å²) < 4.78 is 16.2. The van der Waals surface area contributed by atoms with Gasteiger partial charge in [0.2, 0.25) is 0 Å². The Morgan fingerprint density at radius 1 is 1.26 bits per heavy atom. The van der Waals surface area contributed by atoms with E-state index < -0.39 is 20.1 Å². The number of hydrogen-bond donors (Lipinski definition) is 0. The molecule has 1 aliphatic rings. The lowest BCUT2D eigenvalue weighted by molar-refractivity contribution is -0.0244. The lowest BCUT2D eigenvalue weighted by Gasteiger charge is -2.36. The number of rotatable bonds is 3. The predicted molar refractivity (Wildman–Crippen MR) is 93.9 cm³/mol. The second kappa shape index (κ2) is 7.69. The van der Waals surface area contributed by atoms with Crippen molar-refractivity contribution in [1.82, 2.24) is 4.90 Å². The fraction of sp³-hybridized carbons (Fsp3) is 0.824. The summed E-state index contributed by atoms with van der Waals surface area (Å²) in [6.07, 6.45) is 0.700. The number of methoxy groups -OCH3 is 1. The monoisotopic (exact) mass is 341 g/mol. The van der Waals surface area contributed by atoms with Crippen LogP contribution >= 0.6 is 0 Å². The van der Waals surface area contributed by atoms with Gasteiger partial charge in [-0.2, -0.15) is 0 Å². The first-order valence-corrected chi connectivity index (χ1v) is 11.0. The third-order valence-electron chi connectivity index (χ3n) is 4.87. The summed E-state index contributed by atoms with van der Waals surface area (Å²) in [6, 6.07) is 0. The first-order chi connectivity index (χ1) is 10.5. The van der Waals surface area contributed by atoms with E-state index in [1.54, 1.807) is 0 Å². The molecule has 1 rings (SSSR count). The molecule has 0 N–H and O–H groups in total. The highest BCUT2D eigenvalue weighted by Crippen LogP contribution is 2.36. The van der Waals surface area contributed by atoms with Crippen LogP contribution in [0.3, 0.4) is 0 Å². The van der Waals surface area contributed by atoms with Crippen LogP contribution < -0.4 is 0 Å². The van der Waals surface area contributed by atoms with Crippen molar-refractivity contribution in [2.24, 2.45) is 0 Å². The number of hydrogen-bond acceptors (Lipinski definition) is 5. The highest BCUT2D eigenvalue weighted by molar-refractivity contribution is 6.74. The minimum Gasteiger partial charge on any atom is -0.438 e. The minimum atomic E-state index is -1.81. The van der Waals surface area contributed by atoms with Crippen molar-refractivity contribution in [3.8, 4) is 11.8 Å². The summed E-state index contributed by atoms with van der Waals surface area (Å²) in [5, 5.41) is 0.155. The molecule has 1 saturated heterocycles. The molecule has 0 spiro atoms. The molecule has 1 heterocycles. The fourth-order valence-electron chi connectivity index (χ4n) is 2.06. The van der Waals surface area contributed by atoms with Gasteiger partial charge in [-0.05, 0) is 25.2 Å². The zero-order chi connectivity index (χ0) is 17.7. The first-order valence-electron chi connectivity index (χ1n) is 8.11.